The molecule has 0 radical (unpaired) electrons. The third kappa shape index (κ3) is 2.46. The molecule has 0 atom stereocenters. The van der Waals surface area contributed by atoms with E-state index in [-0.39, 0.29) is 11.5 Å². The number of nitrogen functional groups attached to an aromatic ring is 1. The maximum absolute atomic E-state index is 9.43. The second-order valence-corrected chi connectivity index (χ2v) is 5.15. The van der Waals surface area contributed by atoms with Crippen LogP contribution in [0, 0.1) is 6.92 Å². The van der Waals surface area contributed by atoms with Crippen molar-refractivity contribution in [2.45, 2.75) is 6.92 Å². The summed E-state index contributed by atoms with van der Waals surface area (Å²) in [6.07, 6.45) is 1.74. The van der Waals surface area contributed by atoms with Crippen molar-refractivity contribution in [1.29, 1.82) is 0 Å². The summed E-state index contributed by atoms with van der Waals surface area (Å²) in [5.74, 6) is 0.886. The maximum Gasteiger partial charge on any atom is 0.131 e. The van der Waals surface area contributed by atoms with Gasteiger partial charge in [-0.15, -0.1) is 0 Å². The molecule has 1 aromatic heterocycles. The molecule has 22 heavy (non-hydrogen) atoms. The zero-order valence-electron chi connectivity index (χ0n) is 12.1. The van der Waals surface area contributed by atoms with Crippen LogP contribution in [0.1, 0.15) is 5.56 Å². The van der Waals surface area contributed by atoms with E-state index in [2.05, 4.69) is 4.98 Å². The van der Waals surface area contributed by atoms with Crippen LogP contribution in [-0.4, -0.2) is 15.2 Å². The molecule has 0 unspecified atom stereocenters. The molecule has 3 aromatic rings. The molecule has 0 amide bonds. The molecule has 4 nitrogen and oxygen atoms in total. The number of rotatable bonds is 2. The predicted octanol–water partition coefficient (Wildman–Crippen LogP) is 3.72. The monoisotopic (exact) mass is 292 g/mol. The number of phenols is 2. The largest absolute Gasteiger partial charge is 0.508 e. The van der Waals surface area contributed by atoms with E-state index in [1.54, 1.807) is 30.5 Å². The first kappa shape index (κ1) is 13.9. The van der Waals surface area contributed by atoms with Crippen molar-refractivity contribution in [3.8, 4) is 33.8 Å². The molecule has 0 saturated heterocycles. The summed E-state index contributed by atoms with van der Waals surface area (Å²) in [5.41, 5.74) is 10.7. The highest BCUT2D eigenvalue weighted by Gasteiger charge is 2.13. The average molecular weight is 292 g/mol. The van der Waals surface area contributed by atoms with Crippen LogP contribution in [0.4, 0.5) is 5.82 Å². The van der Waals surface area contributed by atoms with Gasteiger partial charge in [-0.3, -0.25) is 0 Å². The Bertz CT molecular complexity index is 810. The third-order valence-electron chi connectivity index (χ3n) is 3.70. The Balaban J connectivity index is 2.17. The summed E-state index contributed by atoms with van der Waals surface area (Å²) in [4.78, 5) is 4.29. The number of hydrogen-bond donors (Lipinski definition) is 3. The highest BCUT2D eigenvalue weighted by molar-refractivity contribution is 5.84. The molecule has 110 valence electrons. The molecule has 2 aromatic carbocycles. The third-order valence-corrected chi connectivity index (χ3v) is 3.70. The molecule has 1 heterocycles. The van der Waals surface area contributed by atoms with E-state index in [1.165, 1.54) is 0 Å². The van der Waals surface area contributed by atoms with Crippen molar-refractivity contribution >= 4 is 5.82 Å². The van der Waals surface area contributed by atoms with E-state index in [0.29, 0.717) is 5.82 Å². The summed E-state index contributed by atoms with van der Waals surface area (Å²) in [6, 6.07) is 13.9. The second-order valence-electron chi connectivity index (χ2n) is 5.15. The highest BCUT2D eigenvalue weighted by atomic mass is 16.3. The number of benzene rings is 2. The van der Waals surface area contributed by atoms with Crippen LogP contribution in [0.5, 0.6) is 11.5 Å². The van der Waals surface area contributed by atoms with Gasteiger partial charge in [0.15, 0.2) is 0 Å². The Morgan fingerprint density at radius 2 is 1.32 bits per heavy atom. The summed E-state index contributed by atoms with van der Waals surface area (Å²) in [6.45, 7) is 1.99. The first-order chi connectivity index (χ1) is 10.6. The van der Waals surface area contributed by atoms with E-state index in [9.17, 15) is 10.2 Å². The van der Waals surface area contributed by atoms with E-state index < -0.39 is 0 Å². The van der Waals surface area contributed by atoms with Crippen molar-refractivity contribution in [2.24, 2.45) is 0 Å². The highest BCUT2D eigenvalue weighted by Crippen LogP contribution is 2.35. The average Bonchev–Trinajstić information content (AvgIpc) is 2.51. The quantitative estimate of drug-likeness (QED) is 0.672. The van der Waals surface area contributed by atoms with Crippen LogP contribution in [0.3, 0.4) is 0 Å². The van der Waals surface area contributed by atoms with Crippen molar-refractivity contribution in [3.63, 3.8) is 0 Å². The molecule has 0 aliphatic heterocycles. The minimum Gasteiger partial charge on any atom is -0.508 e. The molecule has 4 heteroatoms. The lowest BCUT2D eigenvalue weighted by molar-refractivity contribution is 0.475. The number of aromatic nitrogens is 1. The molecule has 4 N–H and O–H groups in total. The minimum absolute atomic E-state index is 0.211. The van der Waals surface area contributed by atoms with Gasteiger partial charge in [-0.05, 0) is 47.9 Å². The standard InChI is InChI=1S/C18H16N2O2/c1-11-16(12-2-6-14(21)7-3-12)10-20-18(19)17(11)13-4-8-15(22)9-5-13/h2-10,21-22H,1H3,(H2,19,20). The lowest BCUT2D eigenvalue weighted by atomic mass is 9.94. The molecular formula is C18H16N2O2. The van der Waals surface area contributed by atoms with Crippen LogP contribution >= 0.6 is 0 Å². The van der Waals surface area contributed by atoms with Gasteiger partial charge >= 0.3 is 0 Å². The Labute approximate surface area is 128 Å². The van der Waals surface area contributed by atoms with Gasteiger partial charge in [0.25, 0.3) is 0 Å². The van der Waals surface area contributed by atoms with Gasteiger partial charge in [-0.1, -0.05) is 24.3 Å². The molecule has 3 rings (SSSR count). The zero-order valence-corrected chi connectivity index (χ0v) is 12.1. The summed E-state index contributed by atoms with van der Waals surface area (Å²) in [5, 5.41) is 18.8. The lowest BCUT2D eigenvalue weighted by Crippen LogP contribution is -1.99. The Morgan fingerprint density at radius 1 is 0.818 bits per heavy atom. The molecule has 0 aliphatic rings. The van der Waals surface area contributed by atoms with Crippen LogP contribution in [0.25, 0.3) is 22.3 Å². The number of pyridine rings is 1. The normalized spacial score (nSPS) is 10.6. The first-order valence-electron chi connectivity index (χ1n) is 6.90. The van der Waals surface area contributed by atoms with Crippen molar-refractivity contribution < 1.29 is 10.2 Å². The number of hydrogen-bond acceptors (Lipinski definition) is 4. The van der Waals surface area contributed by atoms with Crippen molar-refractivity contribution in [3.05, 3.63) is 60.3 Å². The van der Waals surface area contributed by atoms with Gasteiger partial charge in [-0.25, -0.2) is 4.98 Å². The van der Waals surface area contributed by atoms with Gasteiger partial charge in [0, 0.05) is 17.3 Å². The Kier molecular flexibility index (Phi) is 3.43. The smallest absolute Gasteiger partial charge is 0.131 e. The fraction of sp³-hybridized carbons (Fsp3) is 0.0556. The predicted molar refractivity (Wildman–Crippen MR) is 87.6 cm³/mol. The van der Waals surface area contributed by atoms with E-state index in [1.807, 2.05) is 31.2 Å². The molecule has 0 spiro atoms. The van der Waals surface area contributed by atoms with Gasteiger partial charge < -0.3 is 15.9 Å². The molecule has 0 bridgehead atoms. The second kappa shape index (κ2) is 5.41. The minimum atomic E-state index is 0.211. The lowest BCUT2D eigenvalue weighted by Gasteiger charge is -2.14. The summed E-state index contributed by atoms with van der Waals surface area (Å²) in [7, 11) is 0. The SMILES string of the molecule is Cc1c(-c2ccc(O)cc2)cnc(N)c1-c1ccc(O)cc1. The fourth-order valence-electron chi connectivity index (χ4n) is 2.55. The number of aromatic hydroxyl groups is 2. The maximum atomic E-state index is 9.43. The Hall–Kier alpha value is -3.01. The number of phenolic OH excluding ortho intramolecular Hbond substituents is 2. The fourth-order valence-corrected chi connectivity index (χ4v) is 2.55. The summed E-state index contributed by atoms with van der Waals surface area (Å²) >= 11 is 0. The van der Waals surface area contributed by atoms with Crippen LogP contribution in [-0.2, 0) is 0 Å². The molecule has 0 fully saturated rings. The van der Waals surface area contributed by atoms with Gasteiger partial charge in [0.05, 0.1) is 0 Å². The van der Waals surface area contributed by atoms with Crippen LogP contribution < -0.4 is 5.73 Å². The zero-order chi connectivity index (χ0) is 15.7. The molecular weight excluding hydrogens is 276 g/mol. The van der Waals surface area contributed by atoms with Gasteiger partial charge in [0.1, 0.15) is 17.3 Å². The van der Waals surface area contributed by atoms with Crippen molar-refractivity contribution in [2.75, 3.05) is 5.73 Å². The van der Waals surface area contributed by atoms with Gasteiger partial charge in [-0.2, -0.15) is 0 Å². The summed E-state index contributed by atoms with van der Waals surface area (Å²) < 4.78 is 0. The molecule has 0 saturated carbocycles. The number of anilines is 1. The van der Waals surface area contributed by atoms with E-state index in [4.69, 9.17) is 5.73 Å². The number of nitrogens with two attached hydrogens (primary N) is 1. The Morgan fingerprint density at radius 3 is 1.86 bits per heavy atom. The first-order valence-corrected chi connectivity index (χ1v) is 6.90. The van der Waals surface area contributed by atoms with E-state index in [0.717, 1.165) is 27.8 Å². The van der Waals surface area contributed by atoms with E-state index >= 15 is 0 Å². The van der Waals surface area contributed by atoms with Crippen molar-refractivity contribution in [1.82, 2.24) is 4.98 Å². The number of nitrogens with zero attached hydrogens (tertiary/aromatic N) is 1. The molecule has 0 aliphatic carbocycles. The van der Waals surface area contributed by atoms with Crippen LogP contribution in [0.15, 0.2) is 54.7 Å². The van der Waals surface area contributed by atoms with Gasteiger partial charge in [0.2, 0.25) is 0 Å². The topological polar surface area (TPSA) is 79.4 Å². The van der Waals surface area contributed by atoms with Crippen LogP contribution in [0.2, 0.25) is 0 Å².